The van der Waals surface area contributed by atoms with Crippen molar-refractivity contribution in [2.45, 2.75) is 38.8 Å². The molecule has 4 nitrogen and oxygen atoms in total. The molecule has 3 rings (SSSR count). The highest BCUT2D eigenvalue weighted by atomic mass is 79.9. The third-order valence-electron chi connectivity index (χ3n) is 4.40. The minimum Gasteiger partial charge on any atom is -0.497 e. The minimum atomic E-state index is -0.275. The molecule has 0 bridgehead atoms. The second-order valence-corrected chi connectivity index (χ2v) is 8.35. The molecule has 1 atom stereocenters. The van der Waals surface area contributed by atoms with Crippen molar-refractivity contribution in [1.29, 1.82) is 0 Å². The van der Waals surface area contributed by atoms with Gasteiger partial charge in [0.15, 0.2) is 5.11 Å². The first-order chi connectivity index (χ1) is 12.3. The number of methoxy groups -OCH3 is 1. The Bertz CT molecular complexity index is 839. The van der Waals surface area contributed by atoms with Gasteiger partial charge in [-0.3, -0.25) is 0 Å². The predicted molar refractivity (Wildman–Crippen MR) is 113 cm³/mol. The van der Waals surface area contributed by atoms with Crippen LogP contribution < -0.4 is 20.1 Å². The molecular formula is C20H23BrN2O2S. The van der Waals surface area contributed by atoms with Gasteiger partial charge < -0.3 is 20.1 Å². The van der Waals surface area contributed by atoms with Gasteiger partial charge in [-0.2, -0.15) is 0 Å². The topological polar surface area (TPSA) is 42.5 Å². The van der Waals surface area contributed by atoms with E-state index in [9.17, 15) is 0 Å². The summed E-state index contributed by atoms with van der Waals surface area (Å²) in [5.41, 5.74) is 2.89. The van der Waals surface area contributed by atoms with Crippen LogP contribution in [-0.2, 0) is 0 Å². The van der Waals surface area contributed by atoms with Crippen molar-refractivity contribution in [1.82, 2.24) is 5.32 Å². The average Bonchev–Trinajstić information content (AvgIpc) is 2.57. The number of aryl methyl sites for hydroxylation is 1. The molecule has 0 amide bonds. The van der Waals surface area contributed by atoms with Crippen molar-refractivity contribution in [3.63, 3.8) is 0 Å². The summed E-state index contributed by atoms with van der Waals surface area (Å²) in [6, 6.07) is 12.0. The molecule has 0 saturated heterocycles. The first-order valence-electron chi connectivity index (χ1n) is 8.48. The largest absolute Gasteiger partial charge is 0.497 e. The summed E-state index contributed by atoms with van der Waals surface area (Å²) >= 11 is 9.07. The number of thiocarbonyl (C=S) groups is 1. The summed E-state index contributed by atoms with van der Waals surface area (Å²) in [5, 5.41) is 7.30. The summed E-state index contributed by atoms with van der Waals surface area (Å²) in [4.78, 5) is 0. The number of hydrogen-bond acceptors (Lipinski definition) is 3. The molecule has 0 unspecified atom stereocenters. The molecule has 138 valence electrons. The van der Waals surface area contributed by atoms with Gasteiger partial charge in [0.05, 0.1) is 13.2 Å². The van der Waals surface area contributed by atoms with Gasteiger partial charge in [0.2, 0.25) is 0 Å². The second-order valence-electron chi connectivity index (χ2n) is 7.08. The lowest BCUT2D eigenvalue weighted by molar-refractivity contribution is 0.0695. The summed E-state index contributed by atoms with van der Waals surface area (Å²) in [5.74, 6) is 1.67. The Balaban J connectivity index is 1.79. The average molecular weight is 435 g/mol. The van der Waals surface area contributed by atoms with Crippen LogP contribution in [0.3, 0.4) is 0 Å². The van der Waals surface area contributed by atoms with Crippen LogP contribution in [0.15, 0.2) is 40.9 Å². The lowest BCUT2D eigenvalue weighted by Crippen LogP contribution is -2.42. The standard InChI is InChI=1S/C20H23BrN2O2S/c1-12-9-13(5-7-16(12)21)22-19(26)23-17-11-20(2,3)25-18-8-6-14(24-4)10-15(17)18/h5-10,17H,11H2,1-4H3,(H2,22,23,26)/t17-/m1/s1. The molecular weight excluding hydrogens is 412 g/mol. The third kappa shape index (κ3) is 4.30. The number of ether oxygens (including phenoxy) is 2. The van der Waals surface area contributed by atoms with Crippen LogP contribution in [0.25, 0.3) is 0 Å². The highest BCUT2D eigenvalue weighted by molar-refractivity contribution is 9.10. The fourth-order valence-electron chi connectivity index (χ4n) is 3.14. The first-order valence-corrected chi connectivity index (χ1v) is 9.68. The van der Waals surface area contributed by atoms with Crippen LogP contribution in [-0.4, -0.2) is 17.8 Å². The molecule has 0 aromatic heterocycles. The van der Waals surface area contributed by atoms with Gasteiger partial charge in [0.25, 0.3) is 0 Å². The second kappa shape index (κ2) is 7.45. The number of hydrogen-bond donors (Lipinski definition) is 2. The van der Waals surface area contributed by atoms with Gasteiger partial charge in [-0.05, 0) is 75.0 Å². The molecule has 0 aliphatic carbocycles. The first kappa shape index (κ1) is 19.0. The number of benzene rings is 2. The molecule has 2 aromatic carbocycles. The van der Waals surface area contributed by atoms with E-state index in [-0.39, 0.29) is 11.6 Å². The Labute approximate surface area is 168 Å². The smallest absolute Gasteiger partial charge is 0.171 e. The lowest BCUT2D eigenvalue weighted by Gasteiger charge is -2.38. The summed E-state index contributed by atoms with van der Waals surface area (Å²) in [6.07, 6.45) is 0.800. The van der Waals surface area contributed by atoms with E-state index in [1.807, 2.05) is 30.3 Å². The number of nitrogens with one attached hydrogen (secondary N) is 2. The molecule has 0 spiro atoms. The number of rotatable bonds is 3. The van der Waals surface area contributed by atoms with Crippen LogP contribution in [0.4, 0.5) is 5.69 Å². The lowest BCUT2D eigenvalue weighted by atomic mass is 9.89. The molecule has 2 N–H and O–H groups in total. The molecule has 6 heteroatoms. The summed E-state index contributed by atoms with van der Waals surface area (Å²) in [7, 11) is 1.67. The van der Waals surface area contributed by atoms with Gasteiger partial charge in [0, 0.05) is 22.1 Å². The maximum absolute atomic E-state index is 6.11. The van der Waals surface area contributed by atoms with E-state index in [1.165, 1.54) is 0 Å². The van der Waals surface area contributed by atoms with E-state index in [4.69, 9.17) is 21.7 Å². The predicted octanol–water partition coefficient (Wildman–Crippen LogP) is 5.35. The van der Waals surface area contributed by atoms with Crippen LogP contribution >= 0.6 is 28.1 Å². The highest BCUT2D eigenvalue weighted by Gasteiger charge is 2.34. The molecule has 26 heavy (non-hydrogen) atoms. The monoisotopic (exact) mass is 434 g/mol. The molecule has 0 saturated carbocycles. The maximum atomic E-state index is 6.11. The number of fused-ring (bicyclic) bond motifs is 1. The van der Waals surface area contributed by atoms with Gasteiger partial charge in [-0.1, -0.05) is 15.9 Å². The van der Waals surface area contributed by atoms with E-state index >= 15 is 0 Å². The molecule has 2 aromatic rings. The van der Waals surface area contributed by atoms with Gasteiger partial charge in [-0.15, -0.1) is 0 Å². The normalized spacial score (nSPS) is 17.7. The van der Waals surface area contributed by atoms with Gasteiger partial charge in [0.1, 0.15) is 17.1 Å². The zero-order chi connectivity index (χ0) is 18.9. The maximum Gasteiger partial charge on any atom is 0.171 e. The van der Waals surface area contributed by atoms with Crippen LogP contribution in [0, 0.1) is 6.92 Å². The molecule has 0 radical (unpaired) electrons. The van der Waals surface area contributed by atoms with Crippen molar-refractivity contribution < 1.29 is 9.47 Å². The Morgan fingerprint density at radius 1 is 1.27 bits per heavy atom. The van der Waals surface area contributed by atoms with E-state index < -0.39 is 0 Å². The van der Waals surface area contributed by atoms with E-state index in [2.05, 4.69) is 53.4 Å². The quantitative estimate of drug-likeness (QED) is 0.636. The van der Waals surface area contributed by atoms with E-state index in [1.54, 1.807) is 7.11 Å². The zero-order valence-corrected chi connectivity index (χ0v) is 17.8. The molecule has 1 aliphatic rings. The molecule has 1 aliphatic heterocycles. The highest BCUT2D eigenvalue weighted by Crippen LogP contribution is 2.41. The van der Waals surface area contributed by atoms with Crippen molar-refractivity contribution in [2.24, 2.45) is 0 Å². The van der Waals surface area contributed by atoms with Crippen LogP contribution in [0.5, 0.6) is 11.5 Å². The van der Waals surface area contributed by atoms with Gasteiger partial charge >= 0.3 is 0 Å². The minimum absolute atomic E-state index is 0.0420. The Hall–Kier alpha value is -1.79. The van der Waals surface area contributed by atoms with Crippen LogP contribution in [0.1, 0.15) is 37.4 Å². The van der Waals surface area contributed by atoms with Crippen molar-refractivity contribution >= 4 is 38.9 Å². The Morgan fingerprint density at radius 2 is 2.04 bits per heavy atom. The Kier molecular flexibility index (Phi) is 5.44. The fraction of sp³-hybridized carbons (Fsp3) is 0.350. The number of anilines is 1. The van der Waals surface area contributed by atoms with Crippen molar-refractivity contribution in [3.05, 3.63) is 52.0 Å². The molecule has 1 heterocycles. The fourth-order valence-corrected chi connectivity index (χ4v) is 3.64. The SMILES string of the molecule is COc1ccc2c(c1)[C@H](NC(=S)Nc1ccc(Br)c(C)c1)CC(C)(C)O2. The van der Waals surface area contributed by atoms with E-state index in [0.717, 1.165) is 39.2 Å². The van der Waals surface area contributed by atoms with Crippen molar-refractivity contribution in [2.75, 3.05) is 12.4 Å². The van der Waals surface area contributed by atoms with Crippen molar-refractivity contribution in [3.8, 4) is 11.5 Å². The number of halogens is 1. The summed E-state index contributed by atoms with van der Waals surface area (Å²) < 4.78 is 12.6. The van der Waals surface area contributed by atoms with Gasteiger partial charge in [-0.25, -0.2) is 0 Å². The Morgan fingerprint density at radius 3 is 2.73 bits per heavy atom. The molecule has 0 fully saturated rings. The van der Waals surface area contributed by atoms with Crippen LogP contribution in [0.2, 0.25) is 0 Å². The zero-order valence-electron chi connectivity index (χ0n) is 15.4. The third-order valence-corrected chi connectivity index (χ3v) is 5.51. The summed E-state index contributed by atoms with van der Waals surface area (Å²) in [6.45, 7) is 6.22. The van der Waals surface area contributed by atoms with E-state index in [0.29, 0.717) is 5.11 Å².